The van der Waals surface area contributed by atoms with Crippen molar-refractivity contribution < 1.29 is 13.2 Å². The maximum atomic E-state index is 12.1. The van der Waals surface area contributed by atoms with Crippen LogP contribution in [0.5, 0.6) is 5.75 Å². The standard InChI is InChI=1S/C18H25N5O3S.HI/c1-3-20-18(22-13-15-6-4-7-16(12-15)26-2)21-10-11-23-27(24,25)17-8-5-9-19-14-17;/h4-9,12,14,23H,3,10-11,13H2,1-2H3,(H2,20,21,22);1H. The van der Waals surface area contributed by atoms with Crippen LogP contribution < -0.4 is 20.1 Å². The topological polar surface area (TPSA) is 105 Å². The number of aliphatic imine (C=N–C) groups is 1. The highest BCUT2D eigenvalue weighted by Gasteiger charge is 2.12. The minimum atomic E-state index is -3.56. The molecule has 1 heterocycles. The summed E-state index contributed by atoms with van der Waals surface area (Å²) in [4.78, 5) is 8.47. The lowest BCUT2D eigenvalue weighted by Gasteiger charge is -2.12. The van der Waals surface area contributed by atoms with Gasteiger partial charge in [0.05, 0.1) is 13.7 Å². The van der Waals surface area contributed by atoms with Gasteiger partial charge in [-0.1, -0.05) is 12.1 Å². The number of rotatable bonds is 9. The van der Waals surface area contributed by atoms with Crippen LogP contribution in [0.3, 0.4) is 0 Å². The number of aromatic nitrogens is 1. The van der Waals surface area contributed by atoms with Crippen molar-refractivity contribution in [3.8, 4) is 5.75 Å². The van der Waals surface area contributed by atoms with Crippen molar-refractivity contribution >= 4 is 40.0 Å². The van der Waals surface area contributed by atoms with Gasteiger partial charge >= 0.3 is 0 Å². The van der Waals surface area contributed by atoms with E-state index in [2.05, 4.69) is 25.3 Å². The average Bonchev–Trinajstić information content (AvgIpc) is 2.70. The van der Waals surface area contributed by atoms with Gasteiger partial charge in [0.15, 0.2) is 5.96 Å². The summed E-state index contributed by atoms with van der Waals surface area (Å²) in [6.45, 7) is 3.76. The second-order valence-corrected chi connectivity index (χ2v) is 7.33. The lowest BCUT2D eigenvalue weighted by molar-refractivity contribution is 0.414. The number of hydrogen-bond acceptors (Lipinski definition) is 5. The summed E-state index contributed by atoms with van der Waals surface area (Å²) in [6.07, 6.45) is 2.84. The van der Waals surface area contributed by atoms with Gasteiger partial charge in [0.2, 0.25) is 10.0 Å². The molecule has 0 saturated heterocycles. The summed E-state index contributed by atoms with van der Waals surface area (Å²) in [7, 11) is -1.93. The summed E-state index contributed by atoms with van der Waals surface area (Å²) >= 11 is 0. The van der Waals surface area contributed by atoms with Crippen molar-refractivity contribution in [2.45, 2.75) is 18.4 Å². The smallest absolute Gasteiger partial charge is 0.242 e. The molecular formula is C18H26IN5O3S. The molecule has 10 heteroatoms. The Hall–Kier alpha value is -1.92. The Kier molecular flexibility index (Phi) is 10.8. The number of hydrogen-bond donors (Lipinski definition) is 3. The molecule has 0 radical (unpaired) electrons. The first-order chi connectivity index (χ1) is 13.0. The van der Waals surface area contributed by atoms with E-state index >= 15 is 0 Å². The van der Waals surface area contributed by atoms with Gasteiger partial charge in [0.25, 0.3) is 0 Å². The number of nitrogens with one attached hydrogen (secondary N) is 3. The summed E-state index contributed by atoms with van der Waals surface area (Å²) in [5.41, 5.74) is 1.02. The molecule has 2 aromatic rings. The largest absolute Gasteiger partial charge is 0.497 e. The fourth-order valence-electron chi connectivity index (χ4n) is 2.24. The van der Waals surface area contributed by atoms with Gasteiger partial charge in [0, 0.05) is 32.0 Å². The van der Waals surface area contributed by atoms with Crippen LogP contribution in [0.4, 0.5) is 0 Å². The molecule has 0 aliphatic carbocycles. The second kappa shape index (κ2) is 12.5. The first kappa shape index (κ1) is 24.1. The average molecular weight is 519 g/mol. The van der Waals surface area contributed by atoms with E-state index in [0.29, 0.717) is 25.6 Å². The Morgan fingerprint density at radius 1 is 1.18 bits per heavy atom. The number of nitrogens with zero attached hydrogens (tertiary/aromatic N) is 2. The van der Waals surface area contributed by atoms with E-state index in [9.17, 15) is 8.42 Å². The fraction of sp³-hybridized carbons (Fsp3) is 0.333. The van der Waals surface area contributed by atoms with Crippen LogP contribution in [0.1, 0.15) is 12.5 Å². The Bertz CT molecular complexity index is 847. The van der Waals surface area contributed by atoms with Crippen LogP contribution in [0.15, 0.2) is 58.7 Å². The lowest BCUT2D eigenvalue weighted by Crippen LogP contribution is -2.41. The van der Waals surface area contributed by atoms with Gasteiger partial charge in [-0.05, 0) is 36.8 Å². The first-order valence-electron chi connectivity index (χ1n) is 8.60. The number of methoxy groups -OCH3 is 1. The highest BCUT2D eigenvalue weighted by Crippen LogP contribution is 2.13. The van der Waals surface area contributed by atoms with Crippen LogP contribution in [0, 0.1) is 0 Å². The molecule has 1 aromatic heterocycles. The van der Waals surface area contributed by atoms with E-state index in [0.717, 1.165) is 11.3 Å². The molecule has 0 aliphatic rings. The van der Waals surface area contributed by atoms with Crippen molar-refractivity contribution in [1.82, 2.24) is 20.3 Å². The van der Waals surface area contributed by atoms with Crippen molar-refractivity contribution in [2.75, 3.05) is 26.7 Å². The number of sulfonamides is 1. The number of pyridine rings is 1. The molecule has 28 heavy (non-hydrogen) atoms. The third-order valence-electron chi connectivity index (χ3n) is 3.55. The summed E-state index contributed by atoms with van der Waals surface area (Å²) < 4.78 is 32.0. The first-order valence-corrected chi connectivity index (χ1v) is 10.1. The monoisotopic (exact) mass is 519 g/mol. The Morgan fingerprint density at radius 3 is 2.68 bits per heavy atom. The third kappa shape index (κ3) is 7.98. The van der Waals surface area contributed by atoms with E-state index in [-0.39, 0.29) is 35.4 Å². The molecule has 0 atom stereocenters. The number of ether oxygens (including phenoxy) is 1. The molecule has 0 bridgehead atoms. The zero-order valence-electron chi connectivity index (χ0n) is 15.9. The SMILES string of the molecule is CCNC(=NCc1cccc(OC)c1)NCCNS(=O)(=O)c1cccnc1.I. The highest BCUT2D eigenvalue weighted by molar-refractivity contribution is 14.0. The molecule has 0 fully saturated rings. The van der Waals surface area contributed by atoms with Crippen LogP contribution in [0.25, 0.3) is 0 Å². The van der Waals surface area contributed by atoms with Gasteiger partial charge in [-0.2, -0.15) is 0 Å². The molecule has 1 aromatic carbocycles. The minimum Gasteiger partial charge on any atom is -0.497 e. The van der Waals surface area contributed by atoms with Crippen molar-refractivity contribution in [3.05, 3.63) is 54.4 Å². The third-order valence-corrected chi connectivity index (χ3v) is 5.00. The molecule has 0 aliphatic heterocycles. The highest BCUT2D eigenvalue weighted by atomic mass is 127. The van der Waals surface area contributed by atoms with Gasteiger partial charge in [-0.25, -0.2) is 18.1 Å². The Balaban J connectivity index is 0.00000392. The molecular weight excluding hydrogens is 493 g/mol. The predicted molar refractivity (Wildman–Crippen MR) is 121 cm³/mol. The van der Waals surface area contributed by atoms with Gasteiger partial charge in [-0.3, -0.25) is 4.98 Å². The van der Waals surface area contributed by atoms with E-state index in [1.165, 1.54) is 18.5 Å². The number of halogens is 1. The maximum absolute atomic E-state index is 12.1. The van der Waals surface area contributed by atoms with Crippen LogP contribution in [0.2, 0.25) is 0 Å². The zero-order valence-corrected chi connectivity index (χ0v) is 19.0. The normalized spacial score (nSPS) is 11.4. The summed E-state index contributed by atoms with van der Waals surface area (Å²) in [6, 6.07) is 10.8. The summed E-state index contributed by atoms with van der Waals surface area (Å²) in [5.74, 6) is 1.39. The zero-order chi connectivity index (χ0) is 19.5. The second-order valence-electron chi connectivity index (χ2n) is 5.56. The molecule has 3 N–H and O–H groups in total. The molecule has 2 rings (SSSR count). The number of guanidine groups is 1. The number of benzene rings is 1. The molecule has 8 nitrogen and oxygen atoms in total. The van der Waals surface area contributed by atoms with Crippen LogP contribution >= 0.6 is 24.0 Å². The van der Waals surface area contributed by atoms with Gasteiger partial charge < -0.3 is 15.4 Å². The lowest BCUT2D eigenvalue weighted by atomic mass is 10.2. The Morgan fingerprint density at radius 2 is 2.00 bits per heavy atom. The molecule has 0 spiro atoms. The Labute approximate surface area is 183 Å². The summed E-state index contributed by atoms with van der Waals surface area (Å²) in [5, 5.41) is 6.24. The van der Waals surface area contributed by atoms with Crippen LogP contribution in [-0.2, 0) is 16.6 Å². The van der Waals surface area contributed by atoms with Gasteiger partial charge in [-0.15, -0.1) is 24.0 Å². The van der Waals surface area contributed by atoms with Crippen molar-refractivity contribution in [3.63, 3.8) is 0 Å². The fourth-order valence-corrected chi connectivity index (χ4v) is 3.23. The quantitative estimate of drug-likeness (QED) is 0.202. The molecule has 0 saturated carbocycles. The van der Waals surface area contributed by atoms with E-state index in [1.807, 2.05) is 31.2 Å². The van der Waals surface area contributed by atoms with E-state index in [1.54, 1.807) is 13.2 Å². The molecule has 0 amide bonds. The molecule has 154 valence electrons. The predicted octanol–water partition coefficient (Wildman–Crippen LogP) is 1.74. The van der Waals surface area contributed by atoms with E-state index in [4.69, 9.17) is 4.74 Å². The molecule has 0 unspecified atom stereocenters. The van der Waals surface area contributed by atoms with E-state index < -0.39 is 10.0 Å². The van der Waals surface area contributed by atoms with Crippen molar-refractivity contribution in [1.29, 1.82) is 0 Å². The van der Waals surface area contributed by atoms with Crippen LogP contribution in [-0.4, -0.2) is 46.1 Å². The van der Waals surface area contributed by atoms with Gasteiger partial charge in [0.1, 0.15) is 10.6 Å². The van der Waals surface area contributed by atoms with Crippen molar-refractivity contribution in [2.24, 2.45) is 4.99 Å². The maximum Gasteiger partial charge on any atom is 0.242 e. The minimum absolute atomic E-state index is 0.